The quantitative estimate of drug-likeness (QED) is 0.849. The highest BCUT2D eigenvalue weighted by Crippen LogP contribution is 2.31. The number of hydrogen-bond acceptors (Lipinski definition) is 4. The molecule has 1 aromatic heterocycles. The third-order valence-electron chi connectivity index (χ3n) is 3.27. The lowest BCUT2D eigenvalue weighted by atomic mass is 10.2. The van der Waals surface area contributed by atoms with Crippen LogP contribution in [0.25, 0.3) is 5.69 Å². The standard InChI is InChI=1S/C13H14ClN3O2S/c14-12-4-3-11(7-20(18,19)6-10-1-2-10)13(5-12)17-9-15-8-16-17/h3-5,8-10H,1-2,6-7H2. The molecule has 1 saturated carbocycles. The Morgan fingerprint density at radius 3 is 2.80 bits per heavy atom. The third-order valence-corrected chi connectivity index (χ3v) is 5.24. The van der Waals surface area contributed by atoms with Crippen molar-refractivity contribution in [2.24, 2.45) is 5.92 Å². The molecule has 0 radical (unpaired) electrons. The number of halogens is 1. The minimum atomic E-state index is -3.10. The van der Waals surface area contributed by atoms with Gasteiger partial charge in [0, 0.05) is 5.02 Å². The summed E-state index contributed by atoms with van der Waals surface area (Å²) in [6.45, 7) is 0. The van der Waals surface area contributed by atoms with Crippen molar-refractivity contribution in [2.45, 2.75) is 18.6 Å². The first-order chi connectivity index (χ1) is 9.53. The Kier molecular flexibility index (Phi) is 3.52. The molecule has 5 nitrogen and oxygen atoms in total. The normalized spacial score (nSPS) is 15.4. The molecule has 0 saturated heterocycles. The van der Waals surface area contributed by atoms with E-state index in [-0.39, 0.29) is 11.5 Å². The van der Waals surface area contributed by atoms with Gasteiger partial charge in [-0.05, 0) is 36.5 Å². The Bertz CT molecular complexity index is 709. The molecule has 2 aromatic rings. The van der Waals surface area contributed by atoms with Gasteiger partial charge in [0.15, 0.2) is 9.84 Å². The molecule has 1 aromatic carbocycles. The van der Waals surface area contributed by atoms with Crippen LogP contribution >= 0.6 is 11.6 Å². The van der Waals surface area contributed by atoms with E-state index in [0.29, 0.717) is 22.2 Å². The molecular formula is C13H14ClN3O2S. The molecule has 0 unspecified atom stereocenters. The maximum atomic E-state index is 12.2. The molecule has 20 heavy (non-hydrogen) atoms. The van der Waals surface area contributed by atoms with E-state index < -0.39 is 9.84 Å². The Morgan fingerprint density at radius 2 is 2.15 bits per heavy atom. The highest BCUT2D eigenvalue weighted by molar-refractivity contribution is 7.90. The number of rotatable bonds is 5. The second kappa shape index (κ2) is 5.18. The SMILES string of the molecule is O=S(=O)(Cc1ccc(Cl)cc1-n1cncn1)CC1CC1. The molecule has 7 heteroatoms. The molecule has 0 N–H and O–H groups in total. The van der Waals surface area contributed by atoms with Gasteiger partial charge in [-0.2, -0.15) is 5.10 Å². The number of sulfone groups is 1. The smallest absolute Gasteiger partial charge is 0.154 e. The molecule has 1 fully saturated rings. The minimum absolute atomic E-state index is 0.00978. The Hall–Kier alpha value is -1.40. The van der Waals surface area contributed by atoms with Gasteiger partial charge in [0.05, 0.1) is 17.2 Å². The Labute approximate surface area is 122 Å². The first kappa shape index (κ1) is 13.6. The molecule has 106 valence electrons. The predicted molar refractivity (Wildman–Crippen MR) is 76.6 cm³/mol. The zero-order valence-electron chi connectivity index (χ0n) is 10.7. The average Bonchev–Trinajstić information content (AvgIpc) is 3.02. The summed E-state index contributed by atoms with van der Waals surface area (Å²) in [6, 6.07) is 5.14. The van der Waals surface area contributed by atoms with Gasteiger partial charge in [-0.15, -0.1) is 0 Å². The van der Waals surface area contributed by atoms with Crippen LogP contribution in [0.15, 0.2) is 30.9 Å². The van der Waals surface area contributed by atoms with E-state index in [1.54, 1.807) is 18.2 Å². The molecule has 0 bridgehead atoms. The summed E-state index contributed by atoms with van der Waals surface area (Å²) < 4.78 is 25.9. The number of hydrogen-bond donors (Lipinski definition) is 0. The summed E-state index contributed by atoms with van der Waals surface area (Å²) >= 11 is 5.99. The monoisotopic (exact) mass is 311 g/mol. The van der Waals surface area contributed by atoms with Crippen LogP contribution in [0.4, 0.5) is 0 Å². The number of aromatic nitrogens is 3. The van der Waals surface area contributed by atoms with Crippen molar-refractivity contribution in [3.05, 3.63) is 41.4 Å². The van der Waals surface area contributed by atoms with E-state index in [1.165, 1.54) is 17.3 Å². The third kappa shape index (κ3) is 3.19. The second-order valence-electron chi connectivity index (χ2n) is 5.11. The summed E-state index contributed by atoms with van der Waals surface area (Å²) in [5, 5.41) is 4.58. The maximum absolute atomic E-state index is 12.2. The van der Waals surface area contributed by atoms with Crippen molar-refractivity contribution in [1.29, 1.82) is 0 Å². The number of benzene rings is 1. The first-order valence-electron chi connectivity index (χ1n) is 6.37. The largest absolute Gasteiger partial charge is 0.228 e. The fraction of sp³-hybridized carbons (Fsp3) is 0.385. The zero-order valence-corrected chi connectivity index (χ0v) is 12.3. The molecule has 0 amide bonds. The molecule has 0 spiro atoms. The molecular weight excluding hydrogens is 298 g/mol. The average molecular weight is 312 g/mol. The van der Waals surface area contributed by atoms with Crippen LogP contribution in [0, 0.1) is 5.92 Å². The van der Waals surface area contributed by atoms with E-state index >= 15 is 0 Å². The van der Waals surface area contributed by atoms with Gasteiger partial charge in [-0.1, -0.05) is 17.7 Å². The van der Waals surface area contributed by atoms with Crippen LogP contribution < -0.4 is 0 Å². The van der Waals surface area contributed by atoms with Gasteiger partial charge < -0.3 is 0 Å². The zero-order chi connectivity index (χ0) is 14.2. The number of nitrogens with zero attached hydrogens (tertiary/aromatic N) is 3. The van der Waals surface area contributed by atoms with Gasteiger partial charge in [0.1, 0.15) is 12.7 Å². The van der Waals surface area contributed by atoms with Gasteiger partial charge in [-0.25, -0.2) is 18.1 Å². The topological polar surface area (TPSA) is 64.8 Å². The molecule has 3 rings (SSSR count). The van der Waals surface area contributed by atoms with Crippen molar-refractivity contribution in [1.82, 2.24) is 14.8 Å². The molecule has 1 aliphatic rings. The minimum Gasteiger partial charge on any atom is -0.228 e. The van der Waals surface area contributed by atoms with Gasteiger partial charge in [0.2, 0.25) is 0 Å². The van der Waals surface area contributed by atoms with Gasteiger partial charge in [0.25, 0.3) is 0 Å². The maximum Gasteiger partial charge on any atom is 0.154 e. The van der Waals surface area contributed by atoms with Crippen LogP contribution in [-0.2, 0) is 15.6 Å². The van der Waals surface area contributed by atoms with Crippen LogP contribution in [0.1, 0.15) is 18.4 Å². The van der Waals surface area contributed by atoms with E-state index in [9.17, 15) is 8.42 Å². The van der Waals surface area contributed by atoms with Crippen molar-refractivity contribution in [2.75, 3.05) is 5.75 Å². The highest BCUT2D eigenvalue weighted by atomic mass is 35.5. The van der Waals surface area contributed by atoms with Crippen LogP contribution in [0.5, 0.6) is 0 Å². The summed E-state index contributed by atoms with van der Waals surface area (Å²) in [5.41, 5.74) is 1.36. The molecule has 0 aliphatic heterocycles. The van der Waals surface area contributed by atoms with E-state index in [0.717, 1.165) is 12.8 Å². The van der Waals surface area contributed by atoms with E-state index in [4.69, 9.17) is 11.6 Å². The lowest BCUT2D eigenvalue weighted by Crippen LogP contribution is -2.13. The summed E-state index contributed by atoms with van der Waals surface area (Å²) in [4.78, 5) is 3.88. The van der Waals surface area contributed by atoms with Crippen molar-refractivity contribution >= 4 is 21.4 Å². The van der Waals surface area contributed by atoms with Crippen LogP contribution in [0.2, 0.25) is 5.02 Å². The predicted octanol–water partition coefficient (Wildman–Crippen LogP) is 2.25. The fourth-order valence-electron chi connectivity index (χ4n) is 2.14. The first-order valence-corrected chi connectivity index (χ1v) is 8.57. The molecule has 1 heterocycles. The second-order valence-corrected chi connectivity index (χ2v) is 7.66. The Morgan fingerprint density at radius 1 is 1.35 bits per heavy atom. The fourth-order valence-corrected chi connectivity index (χ4v) is 4.20. The van der Waals surface area contributed by atoms with Crippen molar-refractivity contribution in [3.8, 4) is 5.69 Å². The summed E-state index contributed by atoms with van der Waals surface area (Å²) in [5.74, 6) is 0.629. The lowest BCUT2D eigenvalue weighted by Gasteiger charge is -2.10. The summed E-state index contributed by atoms with van der Waals surface area (Å²) in [6.07, 6.45) is 4.98. The highest BCUT2D eigenvalue weighted by Gasteiger charge is 2.28. The van der Waals surface area contributed by atoms with E-state index in [2.05, 4.69) is 10.1 Å². The molecule has 0 atom stereocenters. The van der Waals surface area contributed by atoms with Crippen LogP contribution in [-0.4, -0.2) is 28.9 Å². The van der Waals surface area contributed by atoms with Crippen molar-refractivity contribution in [3.63, 3.8) is 0 Å². The van der Waals surface area contributed by atoms with Crippen molar-refractivity contribution < 1.29 is 8.42 Å². The van der Waals surface area contributed by atoms with E-state index in [1.807, 2.05) is 0 Å². The van der Waals surface area contributed by atoms with Crippen LogP contribution in [0.3, 0.4) is 0 Å². The summed E-state index contributed by atoms with van der Waals surface area (Å²) in [7, 11) is -3.10. The van der Waals surface area contributed by atoms with Gasteiger partial charge >= 0.3 is 0 Å². The van der Waals surface area contributed by atoms with Gasteiger partial charge in [-0.3, -0.25) is 0 Å². The molecule has 1 aliphatic carbocycles. The lowest BCUT2D eigenvalue weighted by molar-refractivity contribution is 0.591. The Balaban J connectivity index is 1.92.